The van der Waals surface area contributed by atoms with E-state index >= 15 is 0 Å². The number of ether oxygens (including phenoxy) is 2. The quantitative estimate of drug-likeness (QED) is 0.861. The van der Waals surface area contributed by atoms with Crippen LogP contribution in [0.1, 0.15) is 23.7 Å². The maximum atomic E-state index is 12.8. The Morgan fingerprint density at radius 3 is 2.68 bits per heavy atom. The smallest absolute Gasteiger partial charge is 0.260 e. The Labute approximate surface area is 129 Å². The second-order valence-corrected chi connectivity index (χ2v) is 5.19. The summed E-state index contributed by atoms with van der Waals surface area (Å²) in [5, 5.41) is 0. The number of amides is 1. The zero-order valence-corrected chi connectivity index (χ0v) is 12.9. The SMILES string of the molecule is CC=CC1=CN2C(=O)c3cc(OC)c(OC)cc3N=CC2C1. The normalized spacial score (nSPS) is 19.8. The molecule has 0 N–H and O–H groups in total. The van der Waals surface area contributed by atoms with Gasteiger partial charge in [0.05, 0.1) is 31.5 Å². The Hall–Kier alpha value is -2.56. The van der Waals surface area contributed by atoms with Crippen molar-refractivity contribution in [2.75, 3.05) is 14.2 Å². The van der Waals surface area contributed by atoms with E-state index in [1.54, 1.807) is 31.3 Å². The average molecular weight is 298 g/mol. The van der Waals surface area contributed by atoms with Gasteiger partial charge in [-0.05, 0) is 25.0 Å². The number of benzene rings is 1. The number of nitrogens with zero attached hydrogens (tertiary/aromatic N) is 2. The molecule has 2 aliphatic heterocycles. The molecule has 1 unspecified atom stereocenters. The number of methoxy groups -OCH3 is 2. The van der Waals surface area contributed by atoms with Crippen LogP contribution in [0.4, 0.5) is 5.69 Å². The molecule has 3 rings (SSSR count). The highest BCUT2D eigenvalue weighted by Crippen LogP contribution is 2.38. The number of hydrogen-bond donors (Lipinski definition) is 0. The first kappa shape index (κ1) is 14.4. The number of fused-ring (bicyclic) bond motifs is 2. The minimum atomic E-state index is -0.0713. The summed E-state index contributed by atoms with van der Waals surface area (Å²) in [5.41, 5.74) is 2.25. The maximum Gasteiger partial charge on any atom is 0.260 e. The Morgan fingerprint density at radius 2 is 2.00 bits per heavy atom. The monoisotopic (exact) mass is 298 g/mol. The summed E-state index contributed by atoms with van der Waals surface area (Å²) in [7, 11) is 3.12. The van der Waals surface area contributed by atoms with E-state index in [0.29, 0.717) is 22.7 Å². The van der Waals surface area contributed by atoms with Crippen LogP contribution in [0.3, 0.4) is 0 Å². The molecular weight excluding hydrogens is 280 g/mol. The summed E-state index contributed by atoms with van der Waals surface area (Å²) >= 11 is 0. The first-order valence-electron chi connectivity index (χ1n) is 7.14. The first-order valence-corrected chi connectivity index (χ1v) is 7.14. The molecule has 0 spiro atoms. The van der Waals surface area contributed by atoms with Crippen LogP contribution >= 0.6 is 0 Å². The molecule has 1 aromatic carbocycles. The van der Waals surface area contributed by atoms with Gasteiger partial charge in [-0.15, -0.1) is 0 Å². The van der Waals surface area contributed by atoms with Gasteiger partial charge in [-0.2, -0.15) is 0 Å². The van der Waals surface area contributed by atoms with E-state index in [1.165, 1.54) is 0 Å². The number of carbonyl (C=O) groups excluding carboxylic acids is 1. The molecule has 0 aliphatic carbocycles. The van der Waals surface area contributed by atoms with Gasteiger partial charge < -0.3 is 14.4 Å². The number of rotatable bonds is 3. The molecule has 5 heteroatoms. The van der Waals surface area contributed by atoms with E-state index in [-0.39, 0.29) is 11.9 Å². The van der Waals surface area contributed by atoms with E-state index < -0.39 is 0 Å². The molecule has 0 saturated heterocycles. The van der Waals surface area contributed by atoms with Crippen molar-refractivity contribution in [3.63, 3.8) is 0 Å². The molecule has 1 amide bonds. The molecule has 2 aliphatic rings. The minimum absolute atomic E-state index is 0.0388. The van der Waals surface area contributed by atoms with Crippen LogP contribution in [0, 0.1) is 0 Å². The van der Waals surface area contributed by atoms with Gasteiger partial charge in [0.2, 0.25) is 0 Å². The third-order valence-electron chi connectivity index (χ3n) is 3.84. The van der Waals surface area contributed by atoms with Gasteiger partial charge in [0.1, 0.15) is 0 Å². The van der Waals surface area contributed by atoms with Crippen molar-refractivity contribution in [2.24, 2.45) is 4.99 Å². The van der Waals surface area contributed by atoms with E-state index in [1.807, 2.05) is 31.5 Å². The molecule has 1 atom stereocenters. The number of allylic oxidation sites excluding steroid dienone is 2. The van der Waals surface area contributed by atoms with Crippen LogP contribution in [-0.4, -0.2) is 37.3 Å². The number of carbonyl (C=O) groups is 1. The largest absolute Gasteiger partial charge is 0.493 e. The molecule has 22 heavy (non-hydrogen) atoms. The zero-order valence-electron chi connectivity index (χ0n) is 12.9. The molecule has 114 valence electrons. The first-order chi connectivity index (χ1) is 10.7. The van der Waals surface area contributed by atoms with Crippen molar-refractivity contribution < 1.29 is 14.3 Å². The van der Waals surface area contributed by atoms with Crippen LogP contribution < -0.4 is 9.47 Å². The molecule has 2 heterocycles. The minimum Gasteiger partial charge on any atom is -0.493 e. The molecule has 0 bridgehead atoms. The summed E-state index contributed by atoms with van der Waals surface area (Å²) < 4.78 is 10.6. The van der Waals surface area contributed by atoms with E-state index in [9.17, 15) is 4.79 Å². The fourth-order valence-electron chi connectivity index (χ4n) is 2.78. The van der Waals surface area contributed by atoms with Gasteiger partial charge >= 0.3 is 0 Å². The highest BCUT2D eigenvalue weighted by molar-refractivity contribution is 6.04. The predicted octanol–water partition coefficient (Wildman–Crippen LogP) is 3.09. The van der Waals surface area contributed by atoms with Crippen molar-refractivity contribution >= 4 is 17.8 Å². The standard InChI is InChI=1S/C17H18N2O3/c1-4-5-11-6-12-9-18-14-8-16(22-3)15(21-2)7-13(14)17(20)19(12)10-11/h4-5,7-10,12H,6H2,1-3H3. The molecule has 0 radical (unpaired) electrons. The fourth-order valence-corrected chi connectivity index (χ4v) is 2.78. The van der Waals surface area contributed by atoms with Crippen molar-refractivity contribution in [3.8, 4) is 11.5 Å². The van der Waals surface area contributed by atoms with Crippen LogP contribution in [0.15, 0.2) is 41.1 Å². The van der Waals surface area contributed by atoms with E-state index in [4.69, 9.17) is 9.47 Å². The summed E-state index contributed by atoms with van der Waals surface area (Å²) in [6.45, 7) is 1.97. The number of aliphatic imine (C=N–C) groups is 1. The number of hydrogen-bond acceptors (Lipinski definition) is 4. The Morgan fingerprint density at radius 1 is 1.27 bits per heavy atom. The third kappa shape index (κ3) is 2.28. The van der Waals surface area contributed by atoms with Crippen molar-refractivity contribution in [1.29, 1.82) is 0 Å². The van der Waals surface area contributed by atoms with Gasteiger partial charge in [0.25, 0.3) is 5.91 Å². The highest BCUT2D eigenvalue weighted by atomic mass is 16.5. The molecule has 1 aromatic rings. The van der Waals surface area contributed by atoms with Crippen molar-refractivity contribution in [2.45, 2.75) is 19.4 Å². The van der Waals surface area contributed by atoms with E-state index in [2.05, 4.69) is 4.99 Å². The predicted molar refractivity (Wildman–Crippen MR) is 85.2 cm³/mol. The summed E-state index contributed by atoms with van der Waals surface area (Å²) in [6.07, 6.45) is 8.49. The van der Waals surface area contributed by atoms with Gasteiger partial charge in [0, 0.05) is 18.5 Å². The average Bonchev–Trinajstić information content (AvgIpc) is 2.89. The molecule has 0 aromatic heterocycles. The van der Waals surface area contributed by atoms with Gasteiger partial charge in [-0.1, -0.05) is 12.2 Å². The van der Waals surface area contributed by atoms with Crippen LogP contribution in [-0.2, 0) is 0 Å². The van der Waals surface area contributed by atoms with E-state index in [0.717, 1.165) is 12.0 Å². The van der Waals surface area contributed by atoms with Crippen molar-refractivity contribution in [3.05, 3.63) is 41.6 Å². The lowest BCUT2D eigenvalue weighted by molar-refractivity contribution is 0.0817. The molecule has 0 fully saturated rings. The second kappa shape index (κ2) is 5.67. The Balaban J connectivity index is 2.06. The lowest BCUT2D eigenvalue weighted by Crippen LogP contribution is -2.32. The van der Waals surface area contributed by atoms with Crippen LogP contribution in [0.2, 0.25) is 0 Å². The maximum absolute atomic E-state index is 12.8. The van der Waals surface area contributed by atoms with Crippen LogP contribution in [0.5, 0.6) is 11.5 Å². The van der Waals surface area contributed by atoms with Crippen molar-refractivity contribution in [1.82, 2.24) is 4.90 Å². The Kier molecular flexibility index (Phi) is 3.71. The lowest BCUT2D eigenvalue weighted by Gasteiger charge is -2.18. The second-order valence-electron chi connectivity index (χ2n) is 5.19. The summed E-state index contributed by atoms with van der Waals surface area (Å²) in [6, 6.07) is 3.39. The van der Waals surface area contributed by atoms with Gasteiger partial charge in [0.15, 0.2) is 11.5 Å². The molecule has 5 nitrogen and oxygen atoms in total. The van der Waals surface area contributed by atoms with Gasteiger partial charge in [-0.3, -0.25) is 9.79 Å². The zero-order chi connectivity index (χ0) is 15.7. The molecular formula is C17H18N2O3. The fraction of sp³-hybridized carbons (Fsp3) is 0.294. The summed E-state index contributed by atoms with van der Waals surface area (Å²) in [5.74, 6) is 1.02. The third-order valence-corrected chi connectivity index (χ3v) is 3.84. The topological polar surface area (TPSA) is 51.1 Å². The van der Waals surface area contributed by atoms with Gasteiger partial charge in [-0.25, -0.2) is 0 Å². The highest BCUT2D eigenvalue weighted by Gasteiger charge is 2.32. The molecule has 0 saturated carbocycles. The summed E-state index contributed by atoms with van der Waals surface area (Å²) in [4.78, 5) is 19.0. The van der Waals surface area contributed by atoms with Crippen LogP contribution in [0.25, 0.3) is 0 Å². The lowest BCUT2D eigenvalue weighted by atomic mass is 10.1. The Bertz CT molecular complexity index is 704.